The number of aliphatic hydroxyl groups excluding tert-OH is 1. The van der Waals surface area contributed by atoms with Gasteiger partial charge >= 0.3 is 5.97 Å². The Bertz CT molecular complexity index is 513. The van der Waals surface area contributed by atoms with Crippen LogP contribution in [0.1, 0.15) is 35.4 Å². The minimum absolute atomic E-state index is 0.135. The van der Waals surface area contributed by atoms with Crippen LogP contribution in [0.4, 0.5) is 5.69 Å². The number of Topliss-reactive ketones (excluding diaryl/α,β-unsaturated/α-hetero) is 1. The first-order valence-corrected chi connectivity index (χ1v) is 5.56. The van der Waals surface area contributed by atoms with E-state index in [1.807, 2.05) is 0 Å². The van der Waals surface area contributed by atoms with Gasteiger partial charge in [-0.15, -0.1) is 0 Å². The number of hydrogen-bond donors (Lipinski definition) is 5. The molecule has 1 rings (SSSR count). The maximum atomic E-state index is 12.1. The highest BCUT2D eigenvalue weighted by Gasteiger charge is 2.26. The lowest BCUT2D eigenvalue weighted by Gasteiger charge is -2.17. The number of aliphatic hydroxyl groups is 1. The van der Waals surface area contributed by atoms with Crippen LogP contribution in [0.25, 0.3) is 0 Å². The van der Waals surface area contributed by atoms with Crippen LogP contribution in [0.3, 0.4) is 0 Å². The molecule has 0 bridgehead atoms. The molecular formula is C12H16N2O5. The first-order chi connectivity index (χ1) is 8.75. The number of ketones is 1. The smallest absolute Gasteiger partial charge is 0.305 e. The first kappa shape index (κ1) is 14.9. The number of aliphatic carboxylic acids is 1. The SMILES string of the molecule is CC(O)c1ccc(O)c(N)c1C(=O)C(N)CC(=O)O. The molecule has 2 atom stereocenters. The van der Waals surface area contributed by atoms with Crippen molar-refractivity contribution in [1.82, 2.24) is 0 Å². The molecule has 0 aliphatic carbocycles. The van der Waals surface area contributed by atoms with Crippen LogP contribution in [0.2, 0.25) is 0 Å². The van der Waals surface area contributed by atoms with Crippen molar-refractivity contribution >= 4 is 17.4 Å². The van der Waals surface area contributed by atoms with Gasteiger partial charge in [0.2, 0.25) is 0 Å². The van der Waals surface area contributed by atoms with Crippen LogP contribution in [0.15, 0.2) is 12.1 Å². The van der Waals surface area contributed by atoms with Crippen LogP contribution < -0.4 is 11.5 Å². The molecule has 0 saturated heterocycles. The van der Waals surface area contributed by atoms with Crippen molar-refractivity contribution in [2.24, 2.45) is 5.73 Å². The van der Waals surface area contributed by atoms with Crippen LogP contribution in [-0.4, -0.2) is 33.1 Å². The summed E-state index contributed by atoms with van der Waals surface area (Å²) in [6.45, 7) is 1.42. The third-order valence-electron chi connectivity index (χ3n) is 2.68. The van der Waals surface area contributed by atoms with E-state index in [0.717, 1.165) is 0 Å². The Labute approximate surface area is 109 Å². The minimum Gasteiger partial charge on any atom is -0.506 e. The van der Waals surface area contributed by atoms with Crippen molar-refractivity contribution in [2.75, 3.05) is 5.73 Å². The summed E-state index contributed by atoms with van der Waals surface area (Å²) < 4.78 is 0. The summed E-state index contributed by atoms with van der Waals surface area (Å²) in [6, 6.07) is 1.30. The molecule has 0 aliphatic rings. The van der Waals surface area contributed by atoms with Crippen LogP contribution in [0, 0.1) is 0 Å². The van der Waals surface area contributed by atoms with Gasteiger partial charge in [0.15, 0.2) is 5.78 Å². The third-order valence-corrected chi connectivity index (χ3v) is 2.68. The largest absolute Gasteiger partial charge is 0.506 e. The lowest BCUT2D eigenvalue weighted by atomic mass is 9.93. The number of carboxylic acids is 1. The molecule has 7 heteroatoms. The van der Waals surface area contributed by atoms with E-state index in [1.54, 1.807) is 0 Å². The number of carbonyl (C=O) groups excluding carboxylic acids is 1. The molecule has 1 aromatic carbocycles. The summed E-state index contributed by atoms with van der Waals surface area (Å²) in [5, 5.41) is 27.7. The molecule has 0 aliphatic heterocycles. The normalized spacial score (nSPS) is 13.8. The molecule has 0 amide bonds. The second kappa shape index (κ2) is 5.68. The number of carbonyl (C=O) groups is 2. The molecule has 104 valence electrons. The number of nitrogens with two attached hydrogens (primary N) is 2. The molecule has 7 N–H and O–H groups in total. The average molecular weight is 268 g/mol. The summed E-state index contributed by atoms with van der Waals surface area (Å²) in [5.41, 5.74) is 10.9. The van der Waals surface area contributed by atoms with Crippen LogP contribution in [0.5, 0.6) is 5.75 Å². The van der Waals surface area contributed by atoms with Crippen molar-refractivity contribution in [1.29, 1.82) is 0 Å². The van der Waals surface area contributed by atoms with E-state index >= 15 is 0 Å². The van der Waals surface area contributed by atoms with Gasteiger partial charge in [0, 0.05) is 0 Å². The Kier molecular flexibility index (Phi) is 4.47. The quantitative estimate of drug-likeness (QED) is 0.287. The van der Waals surface area contributed by atoms with E-state index in [2.05, 4.69) is 0 Å². The second-order valence-corrected chi connectivity index (χ2v) is 4.21. The maximum absolute atomic E-state index is 12.1. The molecule has 19 heavy (non-hydrogen) atoms. The van der Waals surface area contributed by atoms with E-state index in [1.165, 1.54) is 19.1 Å². The molecule has 0 aromatic heterocycles. The molecule has 1 aromatic rings. The van der Waals surface area contributed by atoms with Gasteiger partial charge in [-0.3, -0.25) is 9.59 Å². The van der Waals surface area contributed by atoms with Crippen molar-refractivity contribution in [2.45, 2.75) is 25.5 Å². The number of phenolic OH excluding ortho intramolecular Hbond substituents is 1. The summed E-state index contributed by atoms with van der Waals surface area (Å²) in [4.78, 5) is 22.6. The Hall–Kier alpha value is -2.12. The van der Waals surface area contributed by atoms with E-state index in [0.29, 0.717) is 0 Å². The molecule has 0 radical (unpaired) electrons. The average Bonchev–Trinajstić information content (AvgIpc) is 2.30. The molecule has 7 nitrogen and oxygen atoms in total. The van der Waals surface area contributed by atoms with E-state index in [9.17, 15) is 19.8 Å². The van der Waals surface area contributed by atoms with Crippen LogP contribution >= 0.6 is 0 Å². The number of carboxylic acid groups (broad SMARTS) is 1. The number of phenols is 1. The molecule has 0 fully saturated rings. The van der Waals surface area contributed by atoms with Crippen molar-refractivity contribution in [3.05, 3.63) is 23.3 Å². The second-order valence-electron chi connectivity index (χ2n) is 4.21. The van der Waals surface area contributed by atoms with Gasteiger partial charge in [0.25, 0.3) is 0 Å². The molecule has 0 saturated carbocycles. The Morgan fingerprint density at radius 3 is 2.42 bits per heavy atom. The number of anilines is 1. The number of aromatic hydroxyl groups is 1. The number of nitrogen functional groups attached to an aromatic ring is 1. The lowest BCUT2D eigenvalue weighted by Crippen LogP contribution is -2.34. The number of hydrogen-bond acceptors (Lipinski definition) is 6. The van der Waals surface area contributed by atoms with Gasteiger partial charge in [0.05, 0.1) is 29.8 Å². The monoisotopic (exact) mass is 268 g/mol. The van der Waals surface area contributed by atoms with E-state index < -0.39 is 30.3 Å². The fourth-order valence-corrected chi connectivity index (χ4v) is 1.71. The third kappa shape index (κ3) is 3.21. The zero-order chi connectivity index (χ0) is 14.7. The Morgan fingerprint density at radius 1 is 1.37 bits per heavy atom. The summed E-state index contributed by atoms with van der Waals surface area (Å²) in [5.74, 6) is -2.28. The summed E-state index contributed by atoms with van der Waals surface area (Å²) in [6.07, 6.45) is -1.56. The molecular weight excluding hydrogens is 252 g/mol. The zero-order valence-electron chi connectivity index (χ0n) is 10.3. The summed E-state index contributed by atoms with van der Waals surface area (Å²) in [7, 11) is 0. The molecule has 0 spiro atoms. The predicted molar refractivity (Wildman–Crippen MR) is 67.7 cm³/mol. The zero-order valence-corrected chi connectivity index (χ0v) is 10.3. The number of rotatable bonds is 5. The van der Waals surface area contributed by atoms with Gasteiger partial charge in [0.1, 0.15) is 5.75 Å². The van der Waals surface area contributed by atoms with Gasteiger partial charge in [-0.2, -0.15) is 0 Å². The molecule has 0 heterocycles. The summed E-state index contributed by atoms with van der Waals surface area (Å²) >= 11 is 0. The maximum Gasteiger partial charge on any atom is 0.305 e. The fraction of sp³-hybridized carbons (Fsp3) is 0.333. The standard InChI is InChI=1S/C12H16N2O5/c1-5(15)6-2-3-8(16)11(14)10(6)12(19)7(13)4-9(17)18/h2-3,5,7,15-16H,4,13-14H2,1H3,(H,17,18). The highest BCUT2D eigenvalue weighted by Crippen LogP contribution is 2.31. The van der Waals surface area contributed by atoms with E-state index in [4.69, 9.17) is 16.6 Å². The fourth-order valence-electron chi connectivity index (χ4n) is 1.71. The topological polar surface area (TPSA) is 147 Å². The van der Waals surface area contributed by atoms with Gasteiger partial charge in [-0.05, 0) is 18.6 Å². The molecule has 2 unspecified atom stereocenters. The van der Waals surface area contributed by atoms with E-state index in [-0.39, 0.29) is 22.6 Å². The van der Waals surface area contributed by atoms with Crippen LogP contribution in [-0.2, 0) is 4.79 Å². The lowest BCUT2D eigenvalue weighted by molar-refractivity contribution is -0.137. The van der Waals surface area contributed by atoms with Gasteiger partial charge in [-0.1, -0.05) is 6.07 Å². The first-order valence-electron chi connectivity index (χ1n) is 5.56. The van der Waals surface area contributed by atoms with Crippen molar-refractivity contribution < 1.29 is 24.9 Å². The predicted octanol–water partition coefficient (Wildman–Crippen LogP) is 0.0124. The minimum atomic E-state index is -1.29. The Morgan fingerprint density at radius 2 is 1.95 bits per heavy atom. The van der Waals surface area contributed by atoms with Gasteiger partial charge in [-0.25, -0.2) is 0 Å². The van der Waals surface area contributed by atoms with Crippen molar-refractivity contribution in [3.63, 3.8) is 0 Å². The van der Waals surface area contributed by atoms with Crippen molar-refractivity contribution in [3.8, 4) is 5.75 Å². The van der Waals surface area contributed by atoms with Gasteiger partial charge < -0.3 is 26.8 Å². The number of benzene rings is 1. The highest BCUT2D eigenvalue weighted by atomic mass is 16.4. The Balaban J connectivity index is 3.28. The highest BCUT2D eigenvalue weighted by molar-refractivity contribution is 6.07.